The lowest BCUT2D eigenvalue weighted by molar-refractivity contribution is 0.102. The maximum atomic E-state index is 13.8. The van der Waals surface area contributed by atoms with Crippen molar-refractivity contribution in [3.63, 3.8) is 0 Å². The van der Waals surface area contributed by atoms with E-state index in [0.717, 1.165) is 17.4 Å². The molecule has 2 N–H and O–H groups in total. The number of halogens is 2. The number of hydrogen-bond donors (Lipinski definition) is 2. The van der Waals surface area contributed by atoms with Gasteiger partial charge in [-0.1, -0.05) is 41.7 Å². The number of carbonyl (C=O) groups is 1. The van der Waals surface area contributed by atoms with Crippen molar-refractivity contribution in [1.82, 2.24) is 4.98 Å². The largest absolute Gasteiger partial charge is 0.298 e. The number of carbonyl (C=O) groups excluding carboxylic acids is 1. The van der Waals surface area contributed by atoms with Gasteiger partial charge < -0.3 is 0 Å². The second kappa shape index (κ2) is 7.81. The minimum atomic E-state index is -3.91. The molecule has 1 amide bonds. The van der Waals surface area contributed by atoms with E-state index in [1.54, 1.807) is 30.3 Å². The monoisotopic (exact) mass is 445 g/mol. The van der Waals surface area contributed by atoms with Gasteiger partial charge in [-0.3, -0.25) is 14.8 Å². The third kappa shape index (κ3) is 4.00. The molecule has 6 nitrogen and oxygen atoms in total. The van der Waals surface area contributed by atoms with Crippen molar-refractivity contribution < 1.29 is 22.0 Å². The van der Waals surface area contributed by atoms with Gasteiger partial charge in [0.15, 0.2) is 10.9 Å². The van der Waals surface area contributed by atoms with Crippen molar-refractivity contribution in [1.29, 1.82) is 0 Å². The van der Waals surface area contributed by atoms with E-state index >= 15 is 0 Å². The van der Waals surface area contributed by atoms with E-state index in [9.17, 15) is 22.0 Å². The summed E-state index contributed by atoms with van der Waals surface area (Å²) in [5.74, 6) is -2.23. The number of sulfonamides is 1. The first kappa shape index (κ1) is 19.9. The fourth-order valence-electron chi connectivity index (χ4n) is 2.75. The van der Waals surface area contributed by atoms with Crippen LogP contribution in [0.2, 0.25) is 0 Å². The number of para-hydroxylation sites is 1. The van der Waals surface area contributed by atoms with E-state index in [2.05, 4.69) is 15.0 Å². The minimum absolute atomic E-state index is 0.0444. The van der Waals surface area contributed by atoms with Crippen LogP contribution in [-0.2, 0) is 10.0 Å². The molecule has 1 heterocycles. The van der Waals surface area contributed by atoms with Gasteiger partial charge >= 0.3 is 0 Å². The fraction of sp³-hybridized carbons (Fsp3) is 0. The van der Waals surface area contributed by atoms with Gasteiger partial charge in [-0.15, -0.1) is 0 Å². The molecule has 0 bridgehead atoms. The van der Waals surface area contributed by atoms with Crippen LogP contribution < -0.4 is 10.0 Å². The molecule has 1 aromatic heterocycles. The van der Waals surface area contributed by atoms with E-state index in [1.165, 1.54) is 24.3 Å². The van der Waals surface area contributed by atoms with E-state index in [4.69, 9.17) is 0 Å². The number of thiazole rings is 1. The van der Waals surface area contributed by atoms with Crippen molar-refractivity contribution in [3.05, 3.63) is 83.9 Å². The zero-order chi connectivity index (χ0) is 21.3. The molecule has 3 aromatic carbocycles. The number of rotatable bonds is 5. The van der Waals surface area contributed by atoms with Gasteiger partial charge in [-0.05, 0) is 30.3 Å². The first-order chi connectivity index (χ1) is 14.3. The number of nitrogens with zero attached hydrogens (tertiary/aromatic N) is 1. The molecular weight excluding hydrogens is 432 g/mol. The van der Waals surface area contributed by atoms with E-state index in [1.807, 2.05) is 0 Å². The number of anilines is 2. The predicted molar refractivity (Wildman–Crippen MR) is 111 cm³/mol. The summed E-state index contributed by atoms with van der Waals surface area (Å²) >= 11 is 0.903. The Bertz CT molecular complexity index is 1360. The summed E-state index contributed by atoms with van der Waals surface area (Å²) in [4.78, 5) is 16.8. The van der Waals surface area contributed by atoms with Crippen LogP contribution in [-0.4, -0.2) is 19.3 Å². The van der Waals surface area contributed by atoms with Gasteiger partial charge in [-0.2, -0.15) is 0 Å². The zero-order valence-electron chi connectivity index (χ0n) is 15.1. The Morgan fingerprint density at radius 1 is 0.967 bits per heavy atom. The summed E-state index contributed by atoms with van der Waals surface area (Å²) in [5.41, 5.74) is 0.0508. The van der Waals surface area contributed by atoms with Crippen LogP contribution in [0, 0.1) is 11.6 Å². The third-order valence-corrected chi connectivity index (χ3v) is 6.40. The molecular formula is C20H13F2N3O3S2. The van der Waals surface area contributed by atoms with Crippen molar-refractivity contribution in [2.24, 2.45) is 0 Å². The number of benzene rings is 3. The molecule has 0 atom stereocenters. The van der Waals surface area contributed by atoms with Crippen LogP contribution in [0.5, 0.6) is 0 Å². The highest BCUT2D eigenvalue weighted by Crippen LogP contribution is 2.29. The van der Waals surface area contributed by atoms with Crippen LogP contribution in [0.15, 0.2) is 71.6 Å². The number of amides is 1. The van der Waals surface area contributed by atoms with Crippen LogP contribution in [0.1, 0.15) is 10.4 Å². The Morgan fingerprint density at radius 3 is 2.43 bits per heavy atom. The van der Waals surface area contributed by atoms with Gasteiger partial charge in [-0.25, -0.2) is 22.2 Å². The molecule has 0 aliphatic heterocycles. The normalized spacial score (nSPS) is 11.4. The molecule has 152 valence electrons. The zero-order valence-corrected chi connectivity index (χ0v) is 16.7. The summed E-state index contributed by atoms with van der Waals surface area (Å²) in [6.07, 6.45) is 0. The van der Waals surface area contributed by atoms with Gasteiger partial charge in [0.2, 0.25) is 0 Å². The van der Waals surface area contributed by atoms with Crippen LogP contribution in [0.4, 0.5) is 19.6 Å². The smallest absolute Gasteiger partial charge is 0.261 e. The summed E-state index contributed by atoms with van der Waals surface area (Å²) in [6, 6.07) is 15.6. The lowest BCUT2D eigenvalue weighted by Crippen LogP contribution is -2.18. The average molecular weight is 445 g/mol. The van der Waals surface area contributed by atoms with Crippen LogP contribution >= 0.6 is 11.3 Å². The molecule has 0 aliphatic rings. The molecule has 0 radical (unpaired) electrons. The molecule has 0 fully saturated rings. The Balaban J connectivity index is 1.62. The third-order valence-electron chi connectivity index (χ3n) is 4.10. The van der Waals surface area contributed by atoms with E-state index < -0.39 is 27.6 Å². The standard InChI is InChI=1S/C20H13F2N3O3S2/c21-12-10-15(22)18-17(11-12)29-20(23-18)24-19(26)14-8-4-5-9-16(14)25-30(27,28)13-6-2-1-3-7-13/h1-11,25H,(H,23,24,26). The first-order valence-electron chi connectivity index (χ1n) is 8.57. The quantitative estimate of drug-likeness (QED) is 0.469. The maximum Gasteiger partial charge on any atom is 0.261 e. The van der Waals surface area contributed by atoms with Crippen LogP contribution in [0.3, 0.4) is 0 Å². The first-order valence-corrected chi connectivity index (χ1v) is 10.9. The second-order valence-electron chi connectivity index (χ2n) is 6.17. The Kier molecular flexibility index (Phi) is 5.18. The predicted octanol–water partition coefficient (Wildman–Crippen LogP) is 4.63. The number of fused-ring (bicyclic) bond motifs is 1. The highest BCUT2D eigenvalue weighted by Gasteiger charge is 2.20. The highest BCUT2D eigenvalue weighted by molar-refractivity contribution is 7.92. The summed E-state index contributed by atoms with van der Waals surface area (Å²) in [7, 11) is -3.91. The summed E-state index contributed by atoms with van der Waals surface area (Å²) in [5, 5.41) is 2.56. The van der Waals surface area contributed by atoms with Crippen molar-refractivity contribution in [2.75, 3.05) is 10.0 Å². The number of aromatic nitrogens is 1. The molecule has 0 spiro atoms. The summed E-state index contributed by atoms with van der Waals surface area (Å²) < 4.78 is 55.0. The topological polar surface area (TPSA) is 88.2 Å². The molecule has 10 heteroatoms. The lowest BCUT2D eigenvalue weighted by Gasteiger charge is -2.12. The van der Waals surface area contributed by atoms with Gasteiger partial charge in [0.05, 0.1) is 20.8 Å². The van der Waals surface area contributed by atoms with Crippen molar-refractivity contribution in [2.45, 2.75) is 4.90 Å². The number of nitrogens with one attached hydrogen (secondary N) is 2. The maximum absolute atomic E-state index is 13.8. The average Bonchev–Trinajstić information content (AvgIpc) is 3.11. The van der Waals surface area contributed by atoms with Crippen LogP contribution in [0.25, 0.3) is 10.2 Å². The molecule has 0 unspecified atom stereocenters. The van der Waals surface area contributed by atoms with Crippen molar-refractivity contribution >= 4 is 48.3 Å². The molecule has 0 aliphatic carbocycles. The van der Waals surface area contributed by atoms with E-state index in [-0.39, 0.29) is 31.5 Å². The Morgan fingerprint density at radius 2 is 1.67 bits per heavy atom. The Labute approximate surface area is 174 Å². The molecule has 0 saturated carbocycles. The van der Waals surface area contributed by atoms with E-state index in [0.29, 0.717) is 6.07 Å². The van der Waals surface area contributed by atoms with Gasteiger partial charge in [0.1, 0.15) is 11.3 Å². The highest BCUT2D eigenvalue weighted by atomic mass is 32.2. The molecule has 4 rings (SSSR count). The lowest BCUT2D eigenvalue weighted by atomic mass is 10.2. The minimum Gasteiger partial charge on any atom is -0.298 e. The summed E-state index contributed by atoms with van der Waals surface area (Å²) in [6.45, 7) is 0. The SMILES string of the molecule is O=C(Nc1nc2c(F)cc(F)cc2s1)c1ccccc1NS(=O)(=O)c1ccccc1. The van der Waals surface area contributed by atoms with Crippen molar-refractivity contribution in [3.8, 4) is 0 Å². The molecule has 0 saturated heterocycles. The van der Waals surface area contributed by atoms with Gasteiger partial charge in [0, 0.05) is 6.07 Å². The Hall–Kier alpha value is -3.37. The molecule has 30 heavy (non-hydrogen) atoms. The number of hydrogen-bond acceptors (Lipinski definition) is 5. The second-order valence-corrected chi connectivity index (χ2v) is 8.88. The fourth-order valence-corrected chi connectivity index (χ4v) is 4.75. The molecule has 4 aromatic rings. The van der Waals surface area contributed by atoms with Gasteiger partial charge in [0.25, 0.3) is 15.9 Å².